The van der Waals surface area contributed by atoms with E-state index in [1.54, 1.807) is 10.9 Å². The number of amides is 2. The summed E-state index contributed by atoms with van der Waals surface area (Å²) >= 11 is 0. The summed E-state index contributed by atoms with van der Waals surface area (Å²) in [4.78, 5) is 23.9. The molecule has 1 N–H and O–H groups in total. The normalized spacial score (nSPS) is 22.6. The van der Waals surface area contributed by atoms with Crippen LogP contribution in [0.2, 0.25) is 0 Å². The molecule has 1 aromatic carbocycles. The Morgan fingerprint density at radius 2 is 1.95 bits per heavy atom. The van der Waals surface area contributed by atoms with Crippen LogP contribution in [-0.2, 0) is 16.6 Å². The molecule has 1 saturated heterocycles. The lowest BCUT2D eigenvalue weighted by Gasteiger charge is -2.29. The molecule has 0 spiro atoms. The quantitative estimate of drug-likeness (QED) is 0.837. The van der Waals surface area contributed by atoms with Gasteiger partial charge < -0.3 is 0 Å². The number of nitrogens with zero attached hydrogens (tertiary/aromatic N) is 2. The molecule has 1 aromatic heterocycles. The SMILES string of the molecule is Cn1cc(C2CC(=O)NC(=O)C2c2ccccc2)cn1. The molecule has 1 aliphatic rings. The molecule has 1 aliphatic heterocycles. The van der Waals surface area contributed by atoms with Crippen molar-refractivity contribution in [1.29, 1.82) is 0 Å². The lowest BCUT2D eigenvalue weighted by atomic mass is 9.77. The van der Waals surface area contributed by atoms with Gasteiger partial charge in [-0.05, 0) is 11.1 Å². The summed E-state index contributed by atoms with van der Waals surface area (Å²) in [5, 5.41) is 6.57. The van der Waals surface area contributed by atoms with Crippen molar-refractivity contribution >= 4 is 11.8 Å². The van der Waals surface area contributed by atoms with E-state index in [0.29, 0.717) is 6.42 Å². The number of hydrogen-bond acceptors (Lipinski definition) is 3. The molecular weight excluding hydrogens is 254 g/mol. The van der Waals surface area contributed by atoms with Crippen LogP contribution in [0.1, 0.15) is 29.4 Å². The summed E-state index contributed by atoms with van der Waals surface area (Å²) < 4.78 is 1.69. The fourth-order valence-electron chi connectivity index (χ4n) is 2.75. The van der Waals surface area contributed by atoms with Crippen molar-refractivity contribution < 1.29 is 9.59 Å². The minimum absolute atomic E-state index is 0.160. The molecule has 1 fully saturated rings. The highest BCUT2D eigenvalue weighted by atomic mass is 16.2. The number of hydrogen-bond donors (Lipinski definition) is 1. The lowest BCUT2D eigenvalue weighted by Crippen LogP contribution is -2.43. The Bertz CT molecular complexity index is 648. The summed E-state index contributed by atoms with van der Waals surface area (Å²) in [6.07, 6.45) is 3.90. The minimum atomic E-state index is -0.349. The first-order valence-corrected chi connectivity index (χ1v) is 6.52. The maximum absolute atomic E-state index is 12.2. The molecule has 3 rings (SSSR count). The van der Waals surface area contributed by atoms with E-state index in [-0.39, 0.29) is 23.7 Å². The molecule has 0 saturated carbocycles. The van der Waals surface area contributed by atoms with Crippen molar-refractivity contribution in [1.82, 2.24) is 15.1 Å². The molecule has 20 heavy (non-hydrogen) atoms. The van der Waals surface area contributed by atoms with Crippen LogP contribution in [0, 0.1) is 0 Å². The van der Waals surface area contributed by atoms with E-state index in [9.17, 15) is 9.59 Å². The van der Waals surface area contributed by atoms with Crippen molar-refractivity contribution in [2.24, 2.45) is 7.05 Å². The molecule has 102 valence electrons. The smallest absolute Gasteiger partial charge is 0.234 e. The number of rotatable bonds is 2. The summed E-state index contributed by atoms with van der Waals surface area (Å²) in [5.74, 6) is -0.970. The number of piperidine rings is 1. The Hall–Kier alpha value is -2.43. The van der Waals surface area contributed by atoms with Gasteiger partial charge >= 0.3 is 0 Å². The fraction of sp³-hybridized carbons (Fsp3) is 0.267. The number of imide groups is 1. The Morgan fingerprint density at radius 1 is 1.20 bits per heavy atom. The zero-order valence-electron chi connectivity index (χ0n) is 11.1. The van der Waals surface area contributed by atoms with Gasteiger partial charge in [-0.15, -0.1) is 0 Å². The number of nitrogens with one attached hydrogen (secondary N) is 1. The van der Waals surface area contributed by atoms with Gasteiger partial charge in [0, 0.05) is 25.6 Å². The number of carbonyl (C=O) groups excluding carboxylic acids is 2. The second-order valence-corrected chi connectivity index (χ2v) is 5.06. The Morgan fingerprint density at radius 3 is 2.60 bits per heavy atom. The summed E-state index contributed by atoms with van der Waals surface area (Å²) in [5.41, 5.74) is 1.84. The summed E-state index contributed by atoms with van der Waals surface area (Å²) in [6.45, 7) is 0. The predicted molar refractivity (Wildman–Crippen MR) is 72.9 cm³/mol. The molecule has 0 radical (unpaired) electrons. The van der Waals surface area contributed by atoms with E-state index in [1.807, 2.05) is 43.6 Å². The van der Waals surface area contributed by atoms with Crippen molar-refractivity contribution in [2.45, 2.75) is 18.3 Å². The third-order valence-electron chi connectivity index (χ3n) is 3.66. The first-order chi connectivity index (χ1) is 9.65. The maximum Gasteiger partial charge on any atom is 0.234 e. The van der Waals surface area contributed by atoms with Gasteiger partial charge in [0.1, 0.15) is 0 Å². The van der Waals surface area contributed by atoms with Gasteiger partial charge in [0.2, 0.25) is 11.8 Å². The molecular formula is C15H15N3O2. The van der Waals surface area contributed by atoms with Crippen LogP contribution >= 0.6 is 0 Å². The van der Waals surface area contributed by atoms with Gasteiger partial charge in [-0.1, -0.05) is 30.3 Å². The molecule has 2 amide bonds. The lowest BCUT2D eigenvalue weighted by molar-refractivity contribution is -0.135. The molecule has 2 heterocycles. The number of aromatic nitrogens is 2. The zero-order valence-corrected chi connectivity index (χ0v) is 11.1. The largest absolute Gasteiger partial charge is 0.296 e. The molecule has 2 unspecified atom stereocenters. The van der Waals surface area contributed by atoms with Crippen LogP contribution in [0.15, 0.2) is 42.7 Å². The third-order valence-corrected chi connectivity index (χ3v) is 3.66. The highest BCUT2D eigenvalue weighted by molar-refractivity contribution is 6.02. The second-order valence-electron chi connectivity index (χ2n) is 5.06. The highest BCUT2D eigenvalue weighted by Gasteiger charge is 2.38. The van der Waals surface area contributed by atoms with Crippen molar-refractivity contribution in [3.05, 3.63) is 53.9 Å². The van der Waals surface area contributed by atoms with Gasteiger partial charge in [0.05, 0.1) is 12.1 Å². The zero-order chi connectivity index (χ0) is 14.1. The van der Waals surface area contributed by atoms with Crippen LogP contribution in [0.25, 0.3) is 0 Å². The van der Waals surface area contributed by atoms with Crippen LogP contribution in [0.3, 0.4) is 0 Å². The van der Waals surface area contributed by atoms with E-state index in [0.717, 1.165) is 11.1 Å². The number of benzene rings is 1. The molecule has 5 nitrogen and oxygen atoms in total. The second kappa shape index (κ2) is 4.92. The maximum atomic E-state index is 12.2. The summed E-state index contributed by atoms with van der Waals surface area (Å²) in [6, 6.07) is 9.56. The van der Waals surface area contributed by atoms with Crippen molar-refractivity contribution in [2.75, 3.05) is 0 Å². The van der Waals surface area contributed by atoms with Gasteiger partial charge in [-0.3, -0.25) is 19.6 Å². The van der Waals surface area contributed by atoms with E-state index in [2.05, 4.69) is 10.4 Å². The topological polar surface area (TPSA) is 64.0 Å². The average molecular weight is 269 g/mol. The highest BCUT2D eigenvalue weighted by Crippen LogP contribution is 2.37. The van der Waals surface area contributed by atoms with Crippen LogP contribution in [0.4, 0.5) is 0 Å². The van der Waals surface area contributed by atoms with Crippen LogP contribution in [-0.4, -0.2) is 21.6 Å². The fourth-order valence-corrected chi connectivity index (χ4v) is 2.75. The Balaban J connectivity index is 2.03. The summed E-state index contributed by atoms with van der Waals surface area (Å²) in [7, 11) is 1.83. The van der Waals surface area contributed by atoms with Crippen LogP contribution in [0.5, 0.6) is 0 Å². The Labute approximate surface area is 116 Å². The first-order valence-electron chi connectivity index (χ1n) is 6.52. The van der Waals surface area contributed by atoms with Crippen molar-refractivity contribution in [3.63, 3.8) is 0 Å². The average Bonchev–Trinajstić information content (AvgIpc) is 2.85. The molecule has 0 aliphatic carbocycles. The Kier molecular flexibility index (Phi) is 3.10. The number of carbonyl (C=O) groups is 2. The molecule has 2 aromatic rings. The van der Waals surface area contributed by atoms with E-state index < -0.39 is 0 Å². The van der Waals surface area contributed by atoms with Crippen molar-refractivity contribution in [3.8, 4) is 0 Å². The van der Waals surface area contributed by atoms with E-state index in [1.165, 1.54) is 0 Å². The van der Waals surface area contributed by atoms with Crippen LogP contribution < -0.4 is 5.32 Å². The van der Waals surface area contributed by atoms with Gasteiger partial charge in [-0.25, -0.2) is 0 Å². The first kappa shape index (κ1) is 12.6. The van der Waals surface area contributed by atoms with E-state index >= 15 is 0 Å². The molecule has 5 heteroatoms. The molecule has 2 atom stereocenters. The number of aryl methyl sites for hydroxylation is 1. The molecule has 0 bridgehead atoms. The van der Waals surface area contributed by atoms with Gasteiger partial charge in [0.25, 0.3) is 0 Å². The third kappa shape index (κ3) is 2.22. The van der Waals surface area contributed by atoms with Gasteiger partial charge in [-0.2, -0.15) is 5.10 Å². The predicted octanol–water partition coefficient (Wildman–Crippen LogP) is 1.33. The standard InChI is InChI=1S/C15H15N3O2/c1-18-9-11(8-16-18)12-7-13(19)17-15(20)14(12)10-5-3-2-4-6-10/h2-6,8-9,12,14H,7H2,1H3,(H,17,19,20). The van der Waals surface area contributed by atoms with Gasteiger partial charge in [0.15, 0.2) is 0 Å². The monoisotopic (exact) mass is 269 g/mol. The van der Waals surface area contributed by atoms with E-state index in [4.69, 9.17) is 0 Å². The minimum Gasteiger partial charge on any atom is -0.296 e.